The van der Waals surface area contributed by atoms with Crippen LogP contribution in [0.3, 0.4) is 0 Å². The van der Waals surface area contributed by atoms with E-state index in [1.807, 2.05) is 0 Å². The van der Waals surface area contributed by atoms with Crippen LogP contribution in [0, 0.1) is 6.92 Å². The Hall–Kier alpha value is -1.24. The third-order valence-corrected chi connectivity index (χ3v) is 2.53. The predicted octanol–water partition coefficient (Wildman–Crippen LogP) is 3.31. The fourth-order valence-corrected chi connectivity index (χ4v) is 1.53. The Bertz CT molecular complexity index is 294. The molecule has 0 unspecified atom stereocenters. The van der Waals surface area contributed by atoms with Crippen molar-refractivity contribution in [2.24, 2.45) is 0 Å². The topological polar surface area (TPSA) is 3.24 Å². The van der Waals surface area contributed by atoms with Gasteiger partial charge in [-0.05, 0) is 26.3 Å². The molecular weight excluding hydrogens is 170 g/mol. The van der Waals surface area contributed by atoms with Crippen molar-refractivity contribution in [2.45, 2.75) is 20.8 Å². The summed E-state index contributed by atoms with van der Waals surface area (Å²) in [4.78, 5) is 2.27. The van der Waals surface area contributed by atoms with Gasteiger partial charge in [-0.1, -0.05) is 36.4 Å². The molecule has 0 spiro atoms. The van der Waals surface area contributed by atoms with Gasteiger partial charge in [0.1, 0.15) is 0 Å². The number of nitrogens with zero attached hydrogens (tertiary/aromatic N) is 1. The highest BCUT2D eigenvalue weighted by atomic mass is 15.1. The number of benzene rings is 1. The van der Waals surface area contributed by atoms with Crippen LogP contribution in [0.25, 0.3) is 5.70 Å². The van der Waals surface area contributed by atoms with Gasteiger partial charge in [-0.2, -0.15) is 0 Å². The first-order valence-corrected chi connectivity index (χ1v) is 5.20. The molecule has 0 N–H and O–H groups in total. The molecule has 0 fully saturated rings. The van der Waals surface area contributed by atoms with E-state index in [2.05, 4.69) is 56.5 Å². The molecule has 0 aliphatic rings. The number of hydrogen-bond donors (Lipinski definition) is 0. The lowest BCUT2D eigenvalue weighted by atomic mass is 10.1. The molecular formula is C13H19N. The van der Waals surface area contributed by atoms with Crippen LogP contribution in [0.2, 0.25) is 0 Å². The van der Waals surface area contributed by atoms with Gasteiger partial charge in [-0.3, -0.25) is 0 Å². The lowest BCUT2D eigenvalue weighted by Crippen LogP contribution is -2.20. The Morgan fingerprint density at radius 2 is 1.64 bits per heavy atom. The lowest BCUT2D eigenvalue weighted by molar-refractivity contribution is 0.443. The second-order valence-corrected chi connectivity index (χ2v) is 3.49. The van der Waals surface area contributed by atoms with Crippen molar-refractivity contribution in [3.8, 4) is 0 Å². The summed E-state index contributed by atoms with van der Waals surface area (Å²) in [6, 6.07) is 8.53. The highest BCUT2D eigenvalue weighted by Crippen LogP contribution is 2.16. The van der Waals surface area contributed by atoms with Crippen LogP contribution >= 0.6 is 0 Å². The van der Waals surface area contributed by atoms with E-state index >= 15 is 0 Å². The highest BCUT2D eigenvalue weighted by Gasteiger charge is 2.04. The Kier molecular flexibility index (Phi) is 3.75. The Morgan fingerprint density at radius 1 is 1.14 bits per heavy atom. The molecule has 0 atom stereocenters. The second kappa shape index (κ2) is 4.85. The van der Waals surface area contributed by atoms with Crippen LogP contribution in [0.4, 0.5) is 0 Å². The van der Waals surface area contributed by atoms with Gasteiger partial charge >= 0.3 is 0 Å². The number of aryl methyl sites for hydroxylation is 1. The summed E-state index contributed by atoms with van der Waals surface area (Å²) in [5.74, 6) is 0. The van der Waals surface area contributed by atoms with E-state index in [4.69, 9.17) is 0 Å². The molecule has 1 nitrogen and oxygen atoms in total. The summed E-state index contributed by atoms with van der Waals surface area (Å²) in [6.07, 6.45) is 0. The molecule has 14 heavy (non-hydrogen) atoms. The summed E-state index contributed by atoms with van der Waals surface area (Å²) < 4.78 is 0. The van der Waals surface area contributed by atoms with Crippen LogP contribution in [-0.4, -0.2) is 18.0 Å². The zero-order valence-corrected chi connectivity index (χ0v) is 9.38. The predicted molar refractivity (Wildman–Crippen MR) is 63.1 cm³/mol. The van der Waals surface area contributed by atoms with Gasteiger partial charge < -0.3 is 4.90 Å². The fraction of sp³-hybridized carbons (Fsp3) is 0.385. The number of rotatable bonds is 4. The molecule has 0 bridgehead atoms. The maximum absolute atomic E-state index is 4.12. The van der Waals surface area contributed by atoms with Crippen molar-refractivity contribution < 1.29 is 0 Å². The largest absolute Gasteiger partial charge is 0.372 e. The third-order valence-electron chi connectivity index (χ3n) is 2.53. The second-order valence-electron chi connectivity index (χ2n) is 3.49. The fourth-order valence-electron chi connectivity index (χ4n) is 1.53. The van der Waals surface area contributed by atoms with Gasteiger partial charge in [0, 0.05) is 18.8 Å². The molecule has 0 aliphatic heterocycles. The first-order chi connectivity index (χ1) is 6.69. The molecule has 1 aromatic carbocycles. The highest BCUT2D eigenvalue weighted by molar-refractivity contribution is 5.61. The summed E-state index contributed by atoms with van der Waals surface area (Å²) in [7, 11) is 0. The van der Waals surface area contributed by atoms with Crippen LogP contribution in [0.5, 0.6) is 0 Å². The van der Waals surface area contributed by atoms with Crippen molar-refractivity contribution in [2.75, 3.05) is 13.1 Å². The maximum atomic E-state index is 4.12. The van der Waals surface area contributed by atoms with E-state index in [0.29, 0.717) is 0 Å². The Morgan fingerprint density at radius 3 is 2.07 bits per heavy atom. The van der Waals surface area contributed by atoms with Gasteiger partial charge in [0.25, 0.3) is 0 Å². The van der Waals surface area contributed by atoms with Crippen LogP contribution in [-0.2, 0) is 0 Å². The van der Waals surface area contributed by atoms with Crippen molar-refractivity contribution >= 4 is 5.70 Å². The van der Waals surface area contributed by atoms with Gasteiger partial charge in [-0.25, -0.2) is 0 Å². The van der Waals surface area contributed by atoms with Crippen LogP contribution in [0.1, 0.15) is 25.0 Å². The van der Waals surface area contributed by atoms with Crippen LogP contribution < -0.4 is 0 Å². The SMILES string of the molecule is C=C(c1ccc(C)cc1)N(CC)CC. The minimum absolute atomic E-state index is 1.02. The van der Waals surface area contributed by atoms with E-state index < -0.39 is 0 Å². The summed E-state index contributed by atoms with van der Waals surface area (Å²) in [5, 5.41) is 0. The molecule has 0 radical (unpaired) electrons. The average Bonchev–Trinajstić information content (AvgIpc) is 2.20. The molecule has 0 aliphatic carbocycles. The zero-order chi connectivity index (χ0) is 10.6. The first-order valence-electron chi connectivity index (χ1n) is 5.20. The standard InChI is InChI=1S/C13H19N/c1-5-14(6-2)12(4)13-9-7-11(3)8-10-13/h7-10H,4-6H2,1-3H3. The van der Waals surface area contributed by atoms with E-state index in [-0.39, 0.29) is 0 Å². The Balaban J connectivity index is 2.83. The molecule has 1 rings (SSSR count). The van der Waals surface area contributed by atoms with Crippen LogP contribution in [0.15, 0.2) is 30.8 Å². The van der Waals surface area contributed by atoms with Crippen molar-refractivity contribution in [3.05, 3.63) is 42.0 Å². The lowest BCUT2D eigenvalue weighted by Gasteiger charge is -2.23. The van der Waals surface area contributed by atoms with E-state index in [1.165, 1.54) is 11.1 Å². The number of hydrogen-bond acceptors (Lipinski definition) is 1. The molecule has 0 heterocycles. The summed E-state index contributed by atoms with van der Waals surface area (Å²) >= 11 is 0. The molecule has 1 heteroatoms. The zero-order valence-electron chi connectivity index (χ0n) is 9.38. The van der Waals surface area contributed by atoms with Crippen molar-refractivity contribution in [3.63, 3.8) is 0 Å². The maximum Gasteiger partial charge on any atom is 0.0366 e. The molecule has 0 amide bonds. The third kappa shape index (κ3) is 2.38. The van der Waals surface area contributed by atoms with E-state index in [1.54, 1.807) is 0 Å². The molecule has 76 valence electrons. The van der Waals surface area contributed by atoms with E-state index in [0.717, 1.165) is 18.8 Å². The van der Waals surface area contributed by atoms with Crippen molar-refractivity contribution in [1.82, 2.24) is 4.90 Å². The normalized spacial score (nSPS) is 9.93. The molecule has 0 aromatic heterocycles. The smallest absolute Gasteiger partial charge is 0.0366 e. The van der Waals surface area contributed by atoms with Gasteiger partial charge in [-0.15, -0.1) is 0 Å². The quantitative estimate of drug-likeness (QED) is 0.702. The first kappa shape index (κ1) is 10.8. The van der Waals surface area contributed by atoms with Gasteiger partial charge in [0.05, 0.1) is 0 Å². The molecule has 0 saturated heterocycles. The van der Waals surface area contributed by atoms with Gasteiger partial charge in [0.2, 0.25) is 0 Å². The summed E-state index contributed by atoms with van der Waals surface area (Å²) in [5.41, 5.74) is 3.63. The summed E-state index contributed by atoms with van der Waals surface area (Å²) in [6.45, 7) is 12.6. The van der Waals surface area contributed by atoms with Crippen molar-refractivity contribution in [1.29, 1.82) is 0 Å². The average molecular weight is 189 g/mol. The minimum atomic E-state index is 1.02. The van der Waals surface area contributed by atoms with Gasteiger partial charge in [0.15, 0.2) is 0 Å². The minimum Gasteiger partial charge on any atom is -0.372 e. The molecule has 1 aromatic rings. The van der Waals surface area contributed by atoms with E-state index in [9.17, 15) is 0 Å². The Labute approximate surface area is 87.1 Å². The monoisotopic (exact) mass is 189 g/mol. The molecule has 0 saturated carbocycles.